The van der Waals surface area contributed by atoms with Crippen LogP contribution in [0.5, 0.6) is 11.6 Å². The van der Waals surface area contributed by atoms with Gasteiger partial charge in [0, 0.05) is 12.1 Å². The van der Waals surface area contributed by atoms with Gasteiger partial charge in [0.25, 0.3) is 0 Å². The van der Waals surface area contributed by atoms with Gasteiger partial charge in [0.2, 0.25) is 5.88 Å². The lowest BCUT2D eigenvalue weighted by Crippen LogP contribution is -1.99. The van der Waals surface area contributed by atoms with Crippen molar-refractivity contribution in [2.24, 2.45) is 0 Å². The molecule has 0 spiro atoms. The van der Waals surface area contributed by atoms with Crippen LogP contribution in [-0.4, -0.2) is 23.7 Å². The van der Waals surface area contributed by atoms with Crippen LogP contribution in [0.15, 0.2) is 18.2 Å². The van der Waals surface area contributed by atoms with Gasteiger partial charge in [-0.1, -0.05) is 24.9 Å². The van der Waals surface area contributed by atoms with Gasteiger partial charge >= 0.3 is 0 Å². The molecule has 0 saturated heterocycles. The van der Waals surface area contributed by atoms with Crippen LogP contribution in [0.2, 0.25) is 5.15 Å². The summed E-state index contributed by atoms with van der Waals surface area (Å²) in [7, 11) is 1.58. The number of nitrogens with zero attached hydrogens (tertiary/aromatic N) is 2. The fraction of sp³-hybridized carbons (Fsp3) is 0.385. The van der Waals surface area contributed by atoms with Crippen LogP contribution in [0, 0.1) is 0 Å². The first-order valence-corrected chi connectivity index (χ1v) is 6.26. The lowest BCUT2D eigenvalue weighted by atomic mass is 10.3. The molecule has 2 heterocycles. The van der Waals surface area contributed by atoms with Crippen molar-refractivity contribution < 1.29 is 9.47 Å². The Hall–Kier alpha value is -1.55. The van der Waals surface area contributed by atoms with E-state index in [1.54, 1.807) is 19.2 Å². The number of ether oxygens (including phenoxy) is 2. The number of rotatable bonds is 5. The molecule has 0 unspecified atom stereocenters. The molecule has 0 aromatic carbocycles. The van der Waals surface area contributed by atoms with E-state index >= 15 is 0 Å². The average molecular weight is 267 g/mol. The lowest BCUT2D eigenvalue weighted by molar-refractivity contribution is 0.298. The topological polar surface area (TPSA) is 44.2 Å². The van der Waals surface area contributed by atoms with E-state index in [1.165, 1.54) is 0 Å². The summed E-state index contributed by atoms with van der Waals surface area (Å²) in [5.41, 5.74) is 1.36. The van der Waals surface area contributed by atoms with Gasteiger partial charge in [-0.05, 0) is 12.5 Å². The zero-order valence-electron chi connectivity index (χ0n) is 10.4. The van der Waals surface area contributed by atoms with Crippen molar-refractivity contribution in [2.45, 2.75) is 19.8 Å². The van der Waals surface area contributed by atoms with E-state index < -0.39 is 0 Å². The van der Waals surface area contributed by atoms with E-state index in [4.69, 9.17) is 21.1 Å². The van der Waals surface area contributed by atoms with Crippen LogP contribution in [0.4, 0.5) is 0 Å². The Labute approximate surface area is 111 Å². The molecule has 0 N–H and O–H groups in total. The van der Waals surface area contributed by atoms with Crippen LogP contribution in [0.25, 0.3) is 11.0 Å². The van der Waals surface area contributed by atoms with Crippen LogP contribution in [0.1, 0.15) is 19.8 Å². The molecule has 2 aromatic heterocycles. The van der Waals surface area contributed by atoms with Crippen LogP contribution >= 0.6 is 11.6 Å². The van der Waals surface area contributed by atoms with Gasteiger partial charge in [-0.2, -0.15) is 0 Å². The lowest BCUT2D eigenvalue weighted by Gasteiger charge is -2.08. The van der Waals surface area contributed by atoms with Gasteiger partial charge in [-0.15, -0.1) is 0 Å². The molecule has 0 aliphatic rings. The maximum absolute atomic E-state index is 5.89. The minimum Gasteiger partial charge on any atom is -0.494 e. The number of aromatic nitrogens is 2. The van der Waals surface area contributed by atoms with Crippen LogP contribution in [0.3, 0.4) is 0 Å². The van der Waals surface area contributed by atoms with Crippen molar-refractivity contribution >= 4 is 22.6 Å². The third-order valence-electron chi connectivity index (χ3n) is 2.53. The molecule has 0 fully saturated rings. The second-order valence-corrected chi connectivity index (χ2v) is 4.25. The van der Waals surface area contributed by atoms with Crippen LogP contribution < -0.4 is 9.47 Å². The Bertz CT molecular complexity index is 546. The summed E-state index contributed by atoms with van der Waals surface area (Å²) in [6.45, 7) is 2.78. The number of fused-ring (bicyclic) bond motifs is 1. The zero-order chi connectivity index (χ0) is 13.0. The minimum absolute atomic E-state index is 0.390. The predicted octanol–water partition coefficient (Wildman–Crippen LogP) is 3.47. The molecular weight excluding hydrogens is 252 g/mol. The van der Waals surface area contributed by atoms with Crippen molar-refractivity contribution in [3.63, 3.8) is 0 Å². The Morgan fingerprint density at radius 1 is 1.28 bits per heavy atom. The van der Waals surface area contributed by atoms with E-state index in [1.807, 2.05) is 6.07 Å². The highest BCUT2D eigenvalue weighted by molar-refractivity contribution is 6.30. The molecule has 0 aliphatic heterocycles. The van der Waals surface area contributed by atoms with Crippen molar-refractivity contribution in [2.75, 3.05) is 13.7 Å². The summed E-state index contributed by atoms with van der Waals surface area (Å²) in [4.78, 5) is 8.58. The number of halogens is 1. The predicted molar refractivity (Wildman–Crippen MR) is 71.5 cm³/mol. The van der Waals surface area contributed by atoms with Crippen molar-refractivity contribution in [1.82, 2.24) is 9.97 Å². The van der Waals surface area contributed by atoms with Gasteiger partial charge in [-0.3, -0.25) is 0 Å². The average Bonchev–Trinajstić information content (AvgIpc) is 2.38. The highest BCUT2D eigenvalue weighted by Gasteiger charge is 2.08. The Morgan fingerprint density at radius 2 is 2.11 bits per heavy atom. The van der Waals surface area contributed by atoms with Crippen LogP contribution in [-0.2, 0) is 0 Å². The van der Waals surface area contributed by atoms with E-state index in [9.17, 15) is 0 Å². The second-order valence-electron chi connectivity index (χ2n) is 3.87. The smallest absolute Gasteiger partial charge is 0.214 e. The van der Waals surface area contributed by atoms with Gasteiger partial charge in [0.15, 0.2) is 0 Å². The van der Waals surface area contributed by atoms with Crippen molar-refractivity contribution in [1.29, 1.82) is 0 Å². The Balaban J connectivity index is 2.34. The normalized spacial score (nSPS) is 10.6. The fourth-order valence-corrected chi connectivity index (χ4v) is 1.78. The van der Waals surface area contributed by atoms with E-state index in [2.05, 4.69) is 16.9 Å². The molecule has 0 atom stereocenters. The van der Waals surface area contributed by atoms with Gasteiger partial charge in [0.1, 0.15) is 16.4 Å². The number of hydrogen-bond donors (Lipinski definition) is 0. The summed E-state index contributed by atoms with van der Waals surface area (Å²) in [6.07, 6.45) is 2.10. The van der Waals surface area contributed by atoms with Gasteiger partial charge < -0.3 is 9.47 Å². The molecule has 96 valence electrons. The minimum atomic E-state index is 0.390. The summed E-state index contributed by atoms with van der Waals surface area (Å²) < 4.78 is 10.8. The molecule has 0 radical (unpaired) electrons. The Kier molecular flexibility index (Phi) is 4.20. The number of pyridine rings is 2. The first-order chi connectivity index (χ1) is 8.74. The zero-order valence-corrected chi connectivity index (χ0v) is 11.2. The SMILES string of the molecule is CCCCOc1ccc2nc(Cl)cc(OC)c2n1. The molecule has 0 bridgehead atoms. The number of methoxy groups -OCH3 is 1. The maximum atomic E-state index is 5.89. The van der Waals surface area contributed by atoms with Crippen molar-refractivity contribution in [3.05, 3.63) is 23.4 Å². The molecule has 4 nitrogen and oxygen atoms in total. The third kappa shape index (κ3) is 2.82. The first kappa shape index (κ1) is 12.9. The van der Waals surface area contributed by atoms with E-state index in [0.717, 1.165) is 12.8 Å². The molecule has 5 heteroatoms. The highest BCUT2D eigenvalue weighted by atomic mass is 35.5. The summed E-state index contributed by atoms with van der Waals surface area (Å²) in [5, 5.41) is 0.390. The standard InChI is InChI=1S/C13H15ClN2O2/c1-3-4-7-18-12-6-5-9-13(16-12)10(17-2)8-11(14)15-9/h5-6,8H,3-4,7H2,1-2H3. The number of hydrogen-bond acceptors (Lipinski definition) is 4. The molecule has 2 aromatic rings. The monoisotopic (exact) mass is 266 g/mol. The molecule has 0 aliphatic carbocycles. The van der Waals surface area contributed by atoms with E-state index in [-0.39, 0.29) is 0 Å². The molecule has 18 heavy (non-hydrogen) atoms. The van der Waals surface area contributed by atoms with E-state index in [0.29, 0.717) is 34.4 Å². The molecular formula is C13H15ClN2O2. The number of unbranched alkanes of at least 4 members (excludes halogenated alkanes) is 1. The molecule has 2 rings (SSSR count). The van der Waals surface area contributed by atoms with Gasteiger partial charge in [-0.25, -0.2) is 9.97 Å². The summed E-state index contributed by atoms with van der Waals surface area (Å²) in [5.74, 6) is 1.18. The largest absolute Gasteiger partial charge is 0.494 e. The summed E-state index contributed by atoms with van der Waals surface area (Å²) in [6, 6.07) is 5.27. The van der Waals surface area contributed by atoms with Crippen molar-refractivity contribution in [3.8, 4) is 11.6 Å². The summed E-state index contributed by atoms with van der Waals surface area (Å²) >= 11 is 5.89. The third-order valence-corrected chi connectivity index (χ3v) is 2.72. The second kappa shape index (κ2) is 5.87. The Morgan fingerprint density at radius 3 is 2.83 bits per heavy atom. The quantitative estimate of drug-likeness (QED) is 0.614. The molecule has 0 saturated carbocycles. The first-order valence-electron chi connectivity index (χ1n) is 5.88. The van der Waals surface area contributed by atoms with Gasteiger partial charge in [0.05, 0.1) is 19.2 Å². The fourth-order valence-electron chi connectivity index (χ4n) is 1.59. The molecule has 0 amide bonds. The highest BCUT2D eigenvalue weighted by Crippen LogP contribution is 2.27. The maximum Gasteiger partial charge on any atom is 0.214 e.